The maximum Gasteiger partial charge on any atom is 0.342 e. The number of anilines is 1. The van der Waals surface area contributed by atoms with Gasteiger partial charge in [-0.25, -0.2) is 20.7 Å². The molecule has 9 N–H and O–H groups in total. The first-order valence-corrected chi connectivity index (χ1v) is 10.6. The zero-order valence-corrected chi connectivity index (χ0v) is 21.4. The second kappa shape index (κ2) is 21.8. The van der Waals surface area contributed by atoms with Gasteiger partial charge in [-0.15, -0.1) is 20.4 Å². The van der Waals surface area contributed by atoms with Crippen LogP contribution in [-0.2, 0) is 14.2 Å². The summed E-state index contributed by atoms with van der Waals surface area (Å²) in [5, 5.41) is 14.1. The smallest absolute Gasteiger partial charge is 0.342 e. The van der Waals surface area contributed by atoms with E-state index in [0.29, 0.717) is 0 Å². The van der Waals surface area contributed by atoms with Crippen molar-refractivity contribution in [1.29, 1.82) is 11.1 Å². The Morgan fingerprint density at radius 3 is 1.80 bits per heavy atom. The Bertz CT molecular complexity index is 827. The fraction of sp³-hybridized carbons (Fsp3) is 0.444. The average molecular weight is 562 g/mol. The lowest BCUT2D eigenvalue weighted by molar-refractivity contribution is 0.0516. The van der Waals surface area contributed by atoms with E-state index in [1.807, 2.05) is 0 Å². The third kappa shape index (κ3) is 15.0. The van der Waals surface area contributed by atoms with E-state index in [1.54, 1.807) is 13.8 Å². The van der Waals surface area contributed by atoms with E-state index in [9.17, 15) is 9.59 Å². The Morgan fingerprint density at radius 2 is 1.37 bits per heavy atom. The lowest BCUT2D eigenvalue weighted by Gasteiger charge is -2.02. The summed E-state index contributed by atoms with van der Waals surface area (Å²) in [4.78, 5) is 22.4. The number of hydrogen-bond donors (Lipinski definition) is 4. The minimum absolute atomic E-state index is 0. The third-order valence-electron chi connectivity index (χ3n) is 3.33. The molecule has 2 aromatic heterocycles. The topological polar surface area (TPSA) is 254 Å². The summed E-state index contributed by atoms with van der Waals surface area (Å²) in [5.41, 5.74) is 15.7. The lowest BCUT2D eigenvalue weighted by atomic mass is 10.3. The van der Waals surface area contributed by atoms with Gasteiger partial charge in [0.2, 0.25) is 0 Å². The van der Waals surface area contributed by atoms with E-state index in [4.69, 9.17) is 65.8 Å². The van der Waals surface area contributed by atoms with Gasteiger partial charge in [-0.1, -0.05) is 34.8 Å². The predicted molar refractivity (Wildman–Crippen MR) is 132 cm³/mol. The van der Waals surface area contributed by atoms with Crippen LogP contribution in [0.1, 0.15) is 48.8 Å². The first kappa shape index (κ1) is 36.8. The molecule has 1 fully saturated rings. The van der Waals surface area contributed by atoms with Crippen LogP contribution in [0.2, 0.25) is 15.5 Å². The number of aromatic nitrogens is 4. The van der Waals surface area contributed by atoms with Crippen LogP contribution in [0.25, 0.3) is 0 Å². The molecule has 1 aliphatic rings. The van der Waals surface area contributed by atoms with Crippen LogP contribution in [0.5, 0.6) is 0 Å². The van der Waals surface area contributed by atoms with Crippen LogP contribution in [0.4, 0.5) is 5.82 Å². The highest BCUT2D eigenvalue weighted by molar-refractivity contribution is 6.33. The Kier molecular flexibility index (Phi) is 22.9. The number of rotatable bonds is 4. The molecule has 3 heterocycles. The molecule has 0 radical (unpaired) electrons. The fourth-order valence-electron chi connectivity index (χ4n) is 1.97. The molecule has 17 heteroatoms. The SMILES string of the molecule is C1CCOC1.CCOC(=O)c1cc(Cl)nnc1Cl.CCOC(=O)c1cc(Cl)nnc1N.N.N=N.O.[HH]. The molecule has 200 valence electrons. The van der Waals surface area contributed by atoms with Gasteiger partial charge in [0.1, 0.15) is 11.1 Å². The van der Waals surface area contributed by atoms with Crippen LogP contribution in [-0.4, -0.2) is 64.2 Å². The van der Waals surface area contributed by atoms with Crippen molar-refractivity contribution in [2.24, 2.45) is 0 Å². The van der Waals surface area contributed by atoms with Crippen molar-refractivity contribution >= 4 is 52.6 Å². The van der Waals surface area contributed by atoms with Crippen molar-refractivity contribution in [3.05, 3.63) is 38.7 Å². The summed E-state index contributed by atoms with van der Waals surface area (Å²) < 4.78 is 14.4. The number of esters is 2. The van der Waals surface area contributed by atoms with Gasteiger partial charge in [-0.2, -0.15) is 0 Å². The zero-order valence-electron chi connectivity index (χ0n) is 19.1. The minimum atomic E-state index is -0.552. The molecule has 0 aliphatic carbocycles. The summed E-state index contributed by atoms with van der Waals surface area (Å²) in [5.74, 6) is -1.08. The Morgan fingerprint density at radius 1 is 0.943 bits per heavy atom. The monoisotopic (exact) mass is 560 g/mol. The molecule has 0 atom stereocenters. The number of nitrogens with zero attached hydrogens (tertiary/aromatic N) is 4. The van der Waals surface area contributed by atoms with Gasteiger partial charge in [0.05, 0.1) is 13.2 Å². The van der Waals surface area contributed by atoms with Gasteiger partial charge in [-0.3, -0.25) is 0 Å². The maximum absolute atomic E-state index is 11.2. The van der Waals surface area contributed by atoms with E-state index in [2.05, 4.69) is 20.4 Å². The molecule has 0 saturated carbocycles. The Hall–Kier alpha value is -2.75. The fourth-order valence-corrected chi connectivity index (χ4v) is 2.43. The van der Waals surface area contributed by atoms with Gasteiger partial charge in [0, 0.05) is 14.6 Å². The Labute approximate surface area is 218 Å². The lowest BCUT2D eigenvalue weighted by Crippen LogP contribution is -2.10. The van der Waals surface area contributed by atoms with Crippen LogP contribution in [0.15, 0.2) is 12.1 Å². The third-order valence-corrected chi connectivity index (χ3v) is 3.98. The van der Waals surface area contributed by atoms with E-state index < -0.39 is 11.9 Å². The number of carbonyl (C=O) groups excluding carboxylic acids is 2. The first-order valence-electron chi connectivity index (χ1n) is 9.44. The molecule has 14 nitrogen and oxygen atoms in total. The normalized spacial score (nSPS) is 10.8. The average Bonchev–Trinajstić information content (AvgIpc) is 3.39. The highest BCUT2D eigenvalue weighted by Gasteiger charge is 2.14. The maximum atomic E-state index is 11.2. The molecule has 35 heavy (non-hydrogen) atoms. The van der Waals surface area contributed by atoms with Crippen molar-refractivity contribution < 1.29 is 30.7 Å². The standard InChI is InChI=1S/C7H6Cl2N2O2.C7H8ClN3O2.C4H8O.H2N2.H3N.H2O.H2/c2*1-2-13-7(12)4-3-5(8)10-11-6(4)9;1-2-4-5-3-1;1-2;;;/h3H,2H2,1H3;3H,2H2,1H3,(H2,9,11);1-4H2;1-2H;1H3;1H2;1H. The molecule has 0 aromatic carbocycles. The first-order chi connectivity index (χ1) is 15.8. The number of halogens is 3. The van der Waals surface area contributed by atoms with E-state index >= 15 is 0 Å². The van der Waals surface area contributed by atoms with Crippen LogP contribution in [0, 0.1) is 11.1 Å². The second-order valence-corrected chi connectivity index (χ2v) is 6.73. The van der Waals surface area contributed by atoms with Gasteiger partial charge in [0.15, 0.2) is 21.3 Å². The molecule has 0 bridgehead atoms. The molecule has 0 amide bonds. The number of nitrogens with two attached hydrogens (primary N) is 1. The number of ether oxygens (including phenoxy) is 3. The second-order valence-electron chi connectivity index (χ2n) is 5.60. The van der Waals surface area contributed by atoms with Gasteiger partial charge < -0.3 is 31.6 Å². The number of hydrogen-bond acceptors (Lipinski definition) is 13. The van der Waals surface area contributed by atoms with Crippen LogP contribution < -0.4 is 11.9 Å². The Balaban J connectivity index is -0.000000211. The van der Waals surface area contributed by atoms with Crippen molar-refractivity contribution in [2.45, 2.75) is 26.7 Å². The molecular formula is C18H31Cl3N8O6. The summed E-state index contributed by atoms with van der Waals surface area (Å²) in [6, 6.07) is 2.64. The molecule has 3 rings (SSSR count). The van der Waals surface area contributed by atoms with Crippen LogP contribution in [0.3, 0.4) is 0 Å². The highest BCUT2D eigenvalue weighted by Crippen LogP contribution is 2.16. The summed E-state index contributed by atoms with van der Waals surface area (Å²) in [6.07, 6.45) is 2.56. The predicted octanol–water partition coefficient (Wildman–Crippen LogP) is 3.83. The van der Waals surface area contributed by atoms with E-state index in [0.717, 1.165) is 13.2 Å². The number of carbonyl (C=O) groups is 2. The van der Waals surface area contributed by atoms with E-state index in [-0.39, 0.29) is 58.7 Å². The quantitative estimate of drug-likeness (QED) is 0.308. The van der Waals surface area contributed by atoms with Gasteiger partial charge in [0.25, 0.3) is 0 Å². The highest BCUT2D eigenvalue weighted by atomic mass is 35.5. The largest absolute Gasteiger partial charge is 0.462 e. The molecule has 2 aromatic rings. The van der Waals surface area contributed by atoms with Crippen LogP contribution >= 0.6 is 34.8 Å². The molecule has 0 unspecified atom stereocenters. The summed E-state index contributed by atoms with van der Waals surface area (Å²) in [6.45, 7) is 5.94. The van der Waals surface area contributed by atoms with Crippen molar-refractivity contribution in [2.75, 3.05) is 32.2 Å². The van der Waals surface area contributed by atoms with E-state index in [1.165, 1.54) is 25.0 Å². The molecule has 0 spiro atoms. The zero-order chi connectivity index (χ0) is 25.2. The van der Waals surface area contributed by atoms with Gasteiger partial charge >= 0.3 is 11.9 Å². The molecular weight excluding hydrogens is 531 g/mol. The van der Waals surface area contributed by atoms with Crippen molar-refractivity contribution in [3.63, 3.8) is 0 Å². The molecule has 1 saturated heterocycles. The van der Waals surface area contributed by atoms with Crippen molar-refractivity contribution in [3.8, 4) is 0 Å². The molecule has 1 aliphatic heterocycles. The number of nitrogen functional groups attached to an aromatic ring is 1. The summed E-state index contributed by atoms with van der Waals surface area (Å²) in [7, 11) is 0. The van der Waals surface area contributed by atoms with Crippen molar-refractivity contribution in [1.82, 2.24) is 26.5 Å². The summed E-state index contributed by atoms with van der Waals surface area (Å²) >= 11 is 16.6. The van der Waals surface area contributed by atoms with Gasteiger partial charge in [-0.05, 0) is 38.8 Å². The number of nitrogens with one attached hydrogen (secondary N) is 2. The minimum Gasteiger partial charge on any atom is -0.462 e.